The summed E-state index contributed by atoms with van der Waals surface area (Å²) in [7, 11) is 0. The van der Waals surface area contributed by atoms with Gasteiger partial charge in [-0.1, -0.05) is 35.8 Å². The molecule has 1 fully saturated rings. The van der Waals surface area contributed by atoms with Crippen molar-refractivity contribution in [3.05, 3.63) is 34.3 Å². The van der Waals surface area contributed by atoms with Crippen molar-refractivity contribution in [1.29, 1.82) is 0 Å². The lowest BCUT2D eigenvalue weighted by Gasteiger charge is -2.19. The number of nitrogens with zero attached hydrogens (tertiary/aromatic N) is 1. The first-order valence-corrected chi connectivity index (χ1v) is 6.32. The van der Waals surface area contributed by atoms with Crippen LogP contribution in [0.1, 0.15) is 30.6 Å². The largest absolute Gasteiger partial charge is 0.338 e. The lowest BCUT2D eigenvalue weighted by Crippen LogP contribution is -2.30. The highest BCUT2D eigenvalue weighted by atomic mass is 79.9. The van der Waals surface area contributed by atoms with Crippen molar-refractivity contribution in [3.63, 3.8) is 0 Å². The summed E-state index contributed by atoms with van der Waals surface area (Å²) < 4.78 is 0.955. The first-order valence-electron chi connectivity index (χ1n) is 5.53. The van der Waals surface area contributed by atoms with E-state index in [9.17, 15) is 4.79 Å². The number of benzene rings is 1. The number of rotatable bonds is 1. The minimum absolute atomic E-state index is 0.145. The molecule has 1 aromatic carbocycles. The van der Waals surface area contributed by atoms with Crippen molar-refractivity contribution in [3.8, 4) is 0 Å². The van der Waals surface area contributed by atoms with Crippen molar-refractivity contribution in [2.24, 2.45) is 5.41 Å². The van der Waals surface area contributed by atoms with Gasteiger partial charge in [0.2, 0.25) is 0 Å². The van der Waals surface area contributed by atoms with Gasteiger partial charge in [0.15, 0.2) is 0 Å². The van der Waals surface area contributed by atoms with Crippen LogP contribution >= 0.6 is 15.9 Å². The zero-order valence-corrected chi connectivity index (χ0v) is 11.3. The van der Waals surface area contributed by atoms with Gasteiger partial charge in [-0.15, -0.1) is 0 Å². The van der Waals surface area contributed by atoms with E-state index >= 15 is 0 Å². The SMILES string of the molecule is CC1(C)CCN(C(=O)c2cccc(Br)c2)C1. The second-order valence-electron chi connectivity index (χ2n) is 5.15. The van der Waals surface area contributed by atoms with Gasteiger partial charge >= 0.3 is 0 Å². The van der Waals surface area contributed by atoms with Crippen LogP contribution in [0.3, 0.4) is 0 Å². The third kappa shape index (κ3) is 2.46. The average molecular weight is 282 g/mol. The molecule has 1 heterocycles. The fourth-order valence-electron chi connectivity index (χ4n) is 2.09. The van der Waals surface area contributed by atoms with E-state index in [-0.39, 0.29) is 11.3 Å². The summed E-state index contributed by atoms with van der Waals surface area (Å²) in [5.41, 5.74) is 1.04. The fraction of sp³-hybridized carbons (Fsp3) is 0.462. The van der Waals surface area contributed by atoms with Gasteiger partial charge in [-0.25, -0.2) is 0 Å². The zero-order valence-electron chi connectivity index (χ0n) is 9.66. The molecule has 0 unspecified atom stereocenters. The molecule has 1 aliphatic rings. The quantitative estimate of drug-likeness (QED) is 0.773. The number of carbonyl (C=O) groups excluding carboxylic acids is 1. The Labute approximate surface area is 105 Å². The maximum absolute atomic E-state index is 12.2. The molecule has 0 radical (unpaired) electrons. The van der Waals surface area contributed by atoms with Crippen molar-refractivity contribution >= 4 is 21.8 Å². The van der Waals surface area contributed by atoms with Crippen LogP contribution in [0, 0.1) is 5.41 Å². The molecule has 2 nitrogen and oxygen atoms in total. The van der Waals surface area contributed by atoms with Gasteiger partial charge in [0.1, 0.15) is 0 Å². The van der Waals surface area contributed by atoms with E-state index in [4.69, 9.17) is 0 Å². The van der Waals surface area contributed by atoms with Crippen molar-refractivity contribution < 1.29 is 4.79 Å². The Morgan fingerprint density at radius 1 is 1.44 bits per heavy atom. The van der Waals surface area contributed by atoms with E-state index in [0.29, 0.717) is 0 Å². The van der Waals surface area contributed by atoms with Crippen LogP contribution in [0.2, 0.25) is 0 Å². The molecule has 16 heavy (non-hydrogen) atoms. The molecule has 3 heteroatoms. The topological polar surface area (TPSA) is 20.3 Å². The van der Waals surface area contributed by atoms with E-state index in [1.54, 1.807) is 0 Å². The molecular formula is C13H16BrNO. The summed E-state index contributed by atoms with van der Waals surface area (Å²) in [6.45, 7) is 6.15. The highest BCUT2D eigenvalue weighted by Crippen LogP contribution is 2.29. The van der Waals surface area contributed by atoms with Gasteiger partial charge in [0.25, 0.3) is 5.91 Å². The van der Waals surface area contributed by atoms with Crippen LogP contribution in [-0.2, 0) is 0 Å². The molecule has 0 atom stereocenters. The number of amides is 1. The predicted octanol–water partition coefficient (Wildman–Crippen LogP) is 3.32. The van der Waals surface area contributed by atoms with Crippen molar-refractivity contribution in [1.82, 2.24) is 4.90 Å². The summed E-state index contributed by atoms with van der Waals surface area (Å²) in [6.07, 6.45) is 1.09. The average Bonchev–Trinajstić information content (AvgIpc) is 2.58. The second-order valence-corrected chi connectivity index (χ2v) is 6.07. The van der Waals surface area contributed by atoms with Gasteiger partial charge in [0, 0.05) is 23.1 Å². The minimum Gasteiger partial charge on any atom is -0.338 e. The van der Waals surface area contributed by atoms with Crippen LogP contribution in [0.15, 0.2) is 28.7 Å². The number of carbonyl (C=O) groups is 1. The predicted molar refractivity (Wildman–Crippen MR) is 68.4 cm³/mol. The Hall–Kier alpha value is -0.830. The molecular weight excluding hydrogens is 266 g/mol. The second kappa shape index (κ2) is 4.21. The zero-order chi connectivity index (χ0) is 11.8. The molecule has 0 N–H and O–H groups in total. The van der Waals surface area contributed by atoms with Crippen LogP contribution in [-0.4, -0.2) is 23.9 Å². The normalized spacial score (nSPS) is 18.8. The van der Waals surface area contributed by atoms with Crippen LogP contribution in [0.4, 0.5) is 0 Å². The standard InChI is InChI=1S/C13H16BrNO/c1-13(2)6-7-15(9-13)12(16)10-4-3-5-11(14)8-10/h3-5,8H,6-7,9H2,1-2H3. The van der Waals surface area contributed by atoms with Gasteiger partial charge in [-0.3, -0.25) is 4.79 Å². The first kappa shape index (κ1) is 11.6. The molecule has 1 aliphatic heterocycles. The lowest BCUT2D eigenvalue weighted by atomic mass is 9.93. The highest BCUT2D eigenvalue weighted by Gasteiger charge is 2.32. The molecule has 1 saturated heterocycles. The summed E-state index contributed by atoms with van der Waals surface area (Å²) in [4.78, 5) is 14.1. The Balaban J connectivity index is 2.15. The number of hydrogen-bond acceptors (Lipinski definition) is 1. The molecule has 0 spiro atoms. The lowest BCUT2D eigenvalue weighted by molar-refractivity contribution is 0.0778. The molecule has 0 aliphatic carbocycles. The number of hydrogen-bond donors (Lipinski definition) is 0. The summed E-state index contributed by atoms with van der Waals surface area (Å²) in [5.74, 6) is 0.145. The molecule has 1 aromatic rings. The summed E-state index contributed by atoms with van der Waals surface area (Å²) in [6, 6.07) is 7.59. The van der Waals surface area contributed by atoms with E-state index in [1.807, 2.05) is 29.2 Å². The van der Waals surface area contributed by atoms with Gasteiger partial charge in [-0.05, 0) is 30.0 Å². The third-order valence-electron chi connectivity index (χ3n) is 3.04. The fourth-order valence-corrected chi connectivity index (χ4v) is 2.49. The van der Waals surface area contributed by atoms with Crippen molar-refractivity contribution in [2.45, 2.75) is 20.3 Å². The molecule has 86 valence electrons. The molecule has 0 bridgehead atoms. The number of halogens is 1. The Morgan fingerprint density at radius 2 is 2.19 bits per heavy atom. The smallest absolute Gasteiger partial charge is 0.253 e. The van der Waals surface area contributed by atoms with Gasteiger partial charge in [0.05, 0.1) is 0 Å². The van der Waals surface area contributed by atoms with Crippen LogP contribution < -0.4 is 0 Å². The van der Waals surface area contributed by atoms with Gasteiger partial charge < -0.3 is 4.90 Å². The molecule has 0 saturated carbocycles. The van der Waals surface area contributed by atoms with E-state index in [2.05, 4.69) is 29.8 Å². The minimum atomic E-state index is 0.145. The maximum Gasteiger partial charge on any atom is 0.253 e. The van der Waals surface area contributed by atoms with Crippen molar-refractivity contribution in [2.75, 3.05) is 13.1 Å². The van der Waals surface area contributed by atoms with Gasteiger partial charge in [-0.2, -0.15) is 0 Å². The molecule has 0 aromatic heterocycles. The van der Waals surface area contributed by atoms with E-state index in [0.717, 1.165) is 29.5 Å². The Bertz CT molecular complexity index is 414. The molecule has 1 amide bonds. The Kier molecular flexibility index (Phi) is 3.06. The van der Waals surface area contributed by atoms with Crippen LogP contribution in [0.25, 0.3) is 0 Å². The Morgan fingerprint density at radius 3 is 2.75 bits per heavy atom. The summed E-state index contributed by atoms with van der Waals surface area (Å²) >= 11 is 3.39. The summed E-state index contributed by atoms with van der Waals surface area (Å²) in [5, 5.41) is 0. The first-order chi connectivity index (χ1) is 7.48. The van der Waals surface area contributed by atoms with Crippen LogP contribution in [0.5, 0.6) is 0 Å². The third-order valence-corrected chi connectivity index (χ3v) is 3.53. The number of likely N-dealkylation sites (tertiary alicyclic amines) is 1. The van der Waals surface area contributed by atoms with E-state index in [1.165, 1.54) is 0 Å². The monoisotopic (exact) mass is 281 g/mol. The maximum atomic E-state index is 12.2. The van der Waals surface area contributed by atoms with E-state index < -0.39 is 0 Å². The molecule has 2 rings (SSSR count). The highest BCUT2D eigenvalue weighted by molar-refractivity contribution is 9.10.